The number of carbonyl (C=O) groups is 16. The number of carbonyl (C=O) groups excluding carboxylic acids is 14. The maximum Gasteiger partial charge on any atom is 0.326 e. The van der Waals surface area contributed by atoms with Gasteiger partial charge in [-0.25, -0.2) is 14.8 Å². The second-order valence-corrected chi connectivity index (χ2v) is 31.2. The summed E-state index contributed by atoms with van der Waals surface area (Å²) >= 11 is 0. The molecule has 3 saturated heterocycles. The number of imidazole rings is 2. The summed E-state index contributed by atoms with van der Waals surface area (Å²) in [5, 5.41) is 58.4. The largest absolute Gasteiger partial charge is 0.481 e. The number of H-pyrrole nitrogens is 2. The Morgan fingerprint density at radius 2 is 0.866 bits per heavy atom. The Bertz CT molecular complexity index is 3590. The lowest BCUT2D eigenvalue weighted by molar-refractivity contribution is -0.148. The third kappa shape index (κ3) is 26.8. The van der Waals surface area contributed by atoms with Crippen molar-refractivity contribution >= 4 is 94.6 Å². The van der Waals surface area contributed by atoms with Crippen LogP contribution in [-0.4, -0.2) is 261 Å². The molecule has 2 aromatic rings. The predicted molar refractivity (Wildman–Crippen MR) is 404 cm³/mol. The number of nitrogens with two attached hydrogens (primary N) is 1. The Balaban J connectivity index is 1.23. The summed E-state index contributed by atoms with van der Waals surface area (Å²) in [6, 6.07) is -19.4. The number of aliphatic hydroxyl groups excluding tert-OH is 1. The van der Waals surface area contributed by atoms with Crippen molar-refractivity contribution in [1.82, 2.24) is 93.1 Å². The fourth-order valence-electron chi connectivity index (χ4n) is 13.6. The Hall–Kier alpha value is -10.1. The van der Waals surface area contributed by atoms with E-state index in [4.69, 9.17) is 5.73 Å². The molecule has 3 fully saturated rings. The molecule has 0 spiro atoms. The zero-order chi connectivity index (χ0) is 83.7. The zero-order valence-corrected chi connectivity index (χ0v) is 66.6. The van der Waals surface area contributed by atoms with Gasteiger partial charge in [-0.2, -0.15) is 0 Å². The smallest absolute Gasteiger partial charge is 0.326 e. The number of rotatable bonds is 43. The lowest BCUT2D eigenvalue weighted by atomic mass is 9.98. The van der Waals surface area contributed by atoms with Gasteiger partial charge in [-0.05, 0) is 107 Å². The van der Waals surface area contributed by atoms with Gasteiger partial charge in [-0.1, -0.05) is 89.5 Å². The number of hydrogen-bond acceptors (Lipinski definition) is 20. The van der Waals surface area contributed by atoms with Crippen LogP contribution >= 0.6 is 0 Å². The molecular formula is C74H119N19O19. The number of hydrogen-bond donors (Lipinski definition) is 17. The normalized spacial score (nSPS) is 19.1. The van der Waals surface area contributed by atoms with Crippen LogP contribution in [-0.2, 0) is 89.6 Å². The van der Waals surface area contributed by atoms with E-state index in [0.29, 0.717) is 37.8 Å². The molecule has 38 heteroatoms. The molecule has 0 bridgehead atoms. The van der Waals surface area contributed by atoms with Crippen LogP contribution in [0.15, 0.2) is 25.0 Å². The topological polar surface area (TPSA) is 559 Å². The highest BCUT2D eigenvalue weighted by atomic mass is 16.4. The van der Waals surface area contributed by atoms with E-state index in [0.717, 1.165) is 0 Å². The Labute approximate surface area is 652 Å². The SMILES string of the molecule is CC[C@H](C)[C@H](NC(=O)[C@H](Cc1c[nH]cn1)NC(=O)[C@@H](NC(=O)[C@H](C)NC(=O)[C@@H]1CCCN1C(=O)[C@@H]1CCCN1C(=O)[C@@H](NC(=O)[C@H](C)NC(=O)[C@@H](NC(=O)[C@H](Cc1c[nH]cn1)NC(=O)[C@H](CCC(=O)O)NC(=O)[C@@H]1CCCN1C(=O)[C@H](CC(C)C)NC(=O)[C@H](CO)NC(=O)[C@@H](N)CC(C)C)C(C)C)C(C)C)C(C)C)C(=O)O. The van der Waals surface area contributed by atoms with E-state index in [1.165, 1.54) is 53.6 Å². The predicted octanol–water partition coefficient (Wildman–Crippen LogP) is -2.36. The minimum Gasteiger partial charge on any atom is -0.481 e. The third-order valence-electron chi connectivity index (χ3n) is 20.2. The molecule has 38 nitrogen and oxygen atoms in total. The average Bonchev–Trinajstić information content (AvgIpc) is 1.64. The van der Waals surface area contributed by atoms with Crippen LogP contribution in [0.25, 0.3) is 0 Å². The number of nitrogens with one attached hydrogen (secondary N) is 13. The summed E-state index contributed by atoms with van der Waals surface area (Å²) in [6.07, 6.45) is 6.42. The molecule has 0 aliphatic carbocycles. The molecule has 14 amide bonds. The highest BCUT2D eigenvalue weighted by Crippen LogP contribution is 2.28. The van der Waals surface area contributed by atoms with Gasteiger partial charge in [0.15, 0.2) is 0 Å². The number of nitrogens with zero attached hydrogens (tertiary/aromatic N) is 5. The summed E-state index contributed by atoms with van der Waals surface area (Å²) in [5.74, 6) is -16.0. The van der Waals surface area contributed by atoms with Crippen molar-refractivity contribution < 1.29 is 92.0 Å². The fourth-order valence-corrected chi connectivity index (χ4v) is 13.6. The van der Waals surface area contributed by atoms with E-state index in [-0.39, 0.29) is 75.7 Å². The van der Waals surface area contributed by atoms with Gasteiger partial charge in [0.25, 0.3) is 0 Å². The first-order valence-electron chi connectivity index (χ1n) is 38.7. The minimum atomic E-state index is -1.63. The Morgan fingerprint density at radius 1 is 0.455 bits per heavy atom. The van der Waals surface area contributed by atoms with E-state index in [1.807, 2.05) is 13.8 Å². The van der Waals surface area contributed by atoms with Gasteiger partial charge in [-0.15, -0.1) is 0 Å². The molecule has 5 rings (SSSR count). The zero-order valence-electron chi connectivity index (χ0n) is 66.6. The maximum absolute atomic E-state index is 14.7. The lowest BCUT2D eigenvalue weighted by Gasteiger charge is -2.34. The number of aliphatic carboxylic acids is 2. The second kappa shape index (κ2) is 43.6. The number of aromatic nitrogens is 4. The molecule has 0 radical (unpaired) electrons. The molecular weight excluding hydrogens is 1460 g/mol. The first-order chi connectivity index (χ1) is 52.7. The summed E-state index contributed by atoms with van der Waals surface area (Å²) in [5.41, 5.74) is 6.65. The third-order valence-corrected chi connectivity index (χ3v) is 20.2. The van der Waals surface area contributed by atoms with E-state index >= 15 is 0 Å². The minimum absolute atomic E-state index is 0.0398. The van der Waals surface area contributed by atoms with Crippen molar-refractivity contribution in [2.24, 2.45) is 41.2 Å². The van der Waals surface area contributed by atoms with Crippen molar-refractivity contribution in [2.75, 3.05) is 26.2 Å². The summed E-state index contributed by atoms with van der Waals surface area (Å²) < 4.78 is 0. The number of amides is 14. The van der Waals surface area contributed by atoms with E-state index in [2.05, 4.69) is 78.4 Å². The molecule has 3 aliphatic rings. The van der Waals surface area contributed by atoms with E-state index < -0.39 is 228 Å². The second-order valence-electron chi connectivity index (χ2n) is 31.2. The summed E-state index contributed by atoms with van der Waals surface area (Å²) in [6.45, 7) is 22.7. The van der Waals surface area contributed by atoms with Crippen LogP contribution < -0.4 is 64.2 Å². The number of likely N-dealkylation sites (tertiary alicyclic amines) is 3. The number of carboxylic acids is 2. The molecule has 3 aliphatic heterocycles. The van der Waals surface area contributed by atoms with Crippen molar-refractivity contribution in [2.45, 2.75) is 271 Å². The van der Waals surface area contributed by atoms with Gasteiger partial charge in [-0.3, -0.25) is 71.9 Å². The van der Waals surface area contributed by atoms with Crippen molar-refractivity contribution in [1.29, 1.82) is 0 Å². The monoisotopic (exact) mass is 1580 g/mol. The highest BCUT2D eigenvalue weighted by molar-refractivity contribution is 6.01. The molecule has 5 heterocycles. The molecule has 0 aromatic carbocycles. The maximum atomic E-state index is 14.7. The number of aliphatic hydroxyl groups is 1. The number of carboxylic acid groups (broad SMARTS) is 2. The first-order valence-corrected chi connectivity index (χ1v) is 38.7. The van der Waals surface area contributed by atoms with Gasteiger partial charge in [0.1, 0.15) is 84.6 Å². The Kier molecular flexibility index (Phi) is 36.0. The Morgan fingerprint density at radius 3 is 1.34 bits per heavy atom. The van der Waals surface area contributed by atoms with Crippen LogP contribution in [0, 0.1) is 35.5 Å². The van der Waals surface area contributed by atoms with Crippen LogP contribution in [0.2, 0.25) is 0 Å². The van der Waals surface area contributed by atoms with Crippen molar-refractivity contribution in [3.63, 3.8) is 0 Å². The van der Waals surface area contributed by atoms with Gasteiger partial charge in [0.05, 0.1) is 36.7 Å². The van der Waals surface area contributed by atoms with Crippen LogP contribution in [0.1, 0.15) is 179 Å². The standard InChI is InChI=1S/C74H119N19O19/c1-15-41(12)59(74(111)112)90-65(102)49(30-45-32-77-35-79-45)84-70(107)57(39(8)9)87-60(97)42(13)80-67(104)52-19-17-25-92(52)72(109)54-21-18-26-93(54)73(110)58(40(10)11)89-61(98)43(14)81-69(106)56(38(6)7)88-64(101)48(29-44-31-76-34-78-44)83-63(100)47(22-23-55(95)96)82-68(105)53-20-16-24-91(53)71(108)50(28-37(4)5)85-66(103)51(33-94)86-62(99)46(75)27-36(2)3/h31-32,34-43,46-54,56-59,94H,15-30,33,75H2,1-14H3,(H,76,78)(H,77,79)(H,80,104)(H,81,106)(H,82,105)(H,83,100)(H,84,107)(H,85,103)(H,86,99)(H,87,97)(H,88,101)(H,89,98)(H,90,102)(H,95,96)(H,111,112)/t41-,42-,43-,46-,47-,48-,49-,50-,51-,52-,53-,54-,56-,57-,58-,59-/m0/s1. The van der Waals surface area contributed by atoms with Gasteiger partial charge in [0, 0.05) is 51.3 Å². The lowest BCUT2D eigenvalue weighted by Crippen LogP contribution is -2.61. The molecule has 16 atom stereocenters. The molecule has 0 saturated carbocycles. The van der Waals surface area contributed by atoms with Crippen LogP contribution in [0.4, 0.5) is 0 Å². The van der Waals surface area contributed by atoms with Crippen LogP contribution in [0.3, 0.4) is 0 Å². The van der Waals surface area contributed by atoms with E-state index in [1.54, 1.807) is 69.2 Å². The van der Waals surface area contributed by atoms with Crippen molar-refractivity contribution in [3.05, 3.63) is 36.4 Å². The van der Waals surface area contributed by atoms with Crippen LogP contribution in [0.5, 0.6) is 0 Å². The fraction of sp³-hybridized carbons (Fsp3) is 0.703. The molecule has 0 unspecified atom stereocenters. The van der Waals surface area contributed by atoms with Gasteiger partial charge < -0.3 is 104 Å². The molecule has 112 heavy (non-hydrogen) atoms. The quantitative estimate of drug-likeness (QED) is 0.0330. The molecule has 624 valence electrons. The summed E-state index contributed by atoms with van der Waals surface area (Å²) in [7, 11) is 0. The van der Waals surface area contributed by atoms with Gasteiger partial charge in [0.2, 0.25) is 82.7 Å². The van der Waals surface area contributed by atoms with Crippen molar-refractivity contribution in [3.8, 4) is 0 Å². The number of aromatic amines is 2. The van der Waals surface area contributed by atoms with Gasteiger partial charge >= 0.3 is 11.9 Å². The van der Waals surface area contributed by atoms with E-state index in [9.17, 15) is 92.0 Å². The average molecular weight is 1580 g/mol. The molecule has 2 aromatic heterocycles. The molecule has 18 N–H and O–H groups in total. The first kappa shape index (κ1) is 92.5. The summed E-state index contributed by atoms with van der Waals surface area (Å²) in [4.78, 5) is 239. The highest BCUT2D eigenvalue weighted by Gasteiger charge is 2.46.